The highest BCUT2D eigenvalue weighted by Gasteiger charge is 2.51. The van der Waals surface area contributed by atoms with E-state index in [1.165, 1.54) is 12.1 Å². The van der Waals surface area contributed by atoms with Gasteiger partial charge >= 0.3 is 0 Å². The van der Waals surface area contributed by atoms with E-state index >= 15 is 0 Å². The summed E-state index contributed by atoms with van der Waals surface area (Å²) in [6.45, 7) is 3.46. The normalized spacial score (nSPS) is 16.4. The molecule has 1 heterocycles. The molecule has 3 aromatic carbocycles. The van der Waals surface area contributed by atoms with E-state index < -0.39 is 21.5 Å². The monoisotopic (exact) mass is 514 g/mol. The Bertz CT molecular complexity index is 1430. The summed E-state index contributed by atoms with van der Waals surface area (Å²) in [4.78, 5) is 13.4. The minimum atomic E-state index is -3.73. The quantitative estimate of drug-likeness (QED) is 0.409. The number of aliphatic hydroxyl groups is 1. The van der Waals surface area contributed by atoms with Crippen LogP contribution in [-0.2, 0) is 20.2 Å². The van der Waals surface area contributed by atoms with E-state index in [-0.39, 0.29) is 28.5 Å². The number of carbonyl (C=O) groups excluding carboxylic acids is 1. The van der Waals surface area contributed by atoms with Crippen LogP contribution in [0.25, 0.3) is 11.1 Å². The van der Waals surface area contributed by atoms with Crippen molar-refractivity contribution in [3.8, 4) is 22.6 Å². The van der Waals surface area contributed by atoms with E-state index in [1.54, 1.807) is 19.1 Å². The molecule has 1 aliphatic carbocycles. The first-order valence-electron chi connectivity index (χ1n) is 11.8. The van der Waals surface area contributed by atoms with E-state index in [1.807, 2.05) is 43.3 Å². The van der Waals surface area contributed by atoms with Crippen molar-refractivity contribution < 1.29 is 32.1 Å². The molecular weight excluding hydrogens is 480 g/mol. The Kier molecular flexibility index (Phi) is 6.23. The molecule has 0 bridgehead atoms. The molecule has 1 atom stereocenters. The lowest BCUT2D eigenvalue weighted by atomic mass is 9.94. The number of benzene rings is 3. The summed E-state index contributed by atoms with van der Waals surface area (Å²) in [5.74, 6) is 1.29. The summed E-state index contributed by atoms with van der Waals surface area (Å²) < 4.78 is 38.3. The number of aryl methyl sites for hydroxylation is 1. The van der Waals surface area contributed by atoms with Crippen LogP contribution in [0.2, 0.25) is 0 Å². The Morgan fingerprint density at radius 3 is 2.47 bits per heavy atom. The van der Waals surface area contributed by atoms with Crippen LogP contribution in [0.15, 0.2) is 65.6 Å². The van der Waals surface area contributed by atoms with E-state index in [2.05, 4.69) is 10.0 Å². The molecule has 5 rings (SSSR count). The molecule has 0 unspecified atom stereocenters. The molecule has 3 aromatic rings. The number of nitrogens with one attached hydrogen (secondary N) is 2. The summed E-state index contributed by atoms with van der Waals surface area (Å²) in [6, 6.07) is 17.3. The summed E-state index contributed by atoms with van der Waals surface area (Å²) in [5, 5.41) is 12.2. The van der Waals surface area contributed by atoms with E-state index in [0.717, 1.165) is 35.1 Å². The number of ether oxygens (including phenoxy) is 2. The maximum Gasteiger partial charge on any atom is 0.240 e. The number of anilines is 1. The molecule has 9 heteroatoms. The lowest BCUT2D eigenvalue weighted by molar-refractivity contribution is -0.118. The number of sulfonamides is 1. The van der Waals surface area contributed by atoms with Crippen LogP contribution in [0, 0.1) is 6.92 Å². The molecule has 0 saturated heterocycles. The minimum Gasteiger partial charge on any atom is -0.454 e. The average molecular weight is 515 g/mol. The second kappa shape index (κ2) is 9.24. The van der Waals surface area contributed by atoms with Gasteiger partial charge in [-0.3, -0.25) is 4.79 Å². The van der Waals surface area contributed by atoms with Crippen LogP contribution in [0.3, 0.4) is 0 Å². The van der Waals surface area contributed by atoms with E-state index in [9.17, 15) is 13.2 Å². The zero-order valence-corrected chi connectivity index (χ0v) is 20.9. The van der Waals surface area contributed by atoms with E-state index in [0.29, 0.717) is 17.2 Å². The Hall–Kier alpha value is -3.40. The number of fused-ring (bicyclic) bond motifs is 1. The smallest absolute Gasteiger partial charge is 0.240 e. The van der Waals surface area contributed by atoms with Gasteiger partial charge in [-0.25, -0.2) is 13.1 Å². The molecule has 1 fully saturated rings. The van der Waals surface area contributed by atoms with Gasteiger partial charge in [-0.1, -0.05) is 24.3 Å². The van der Waals surface area contributed by atoms with Crippen molar-refractivity contribution in [2.24, 2.45) is 0 Å². The number of amides is 1. The van der Waals surface area contributed by atoms with Crippen molar-refractivity contribution in [2.45, 2.75) is 43.0 Å². The van der Waals surface area contributed by atoms with Crippen LogP contribution in [0.1, 0.15) is 35.2 Å². The predicted molar refractivity (Wildman–Crippen MR) is 142 cm³/mol. The summed E-state index contributed by atoms with van der Waals surface area (Å²) in [5.41, 5.74) is 3.71. The number of hydrogen-bond donors (Lipinski definition) is 3. The Balaban J connectivity index is 0.00000178. The van der Waals surface area contributed by atoms with Gasteiger partial charge in [-0.2, -0.15) is 0 Å². The van der Waals surface area contributed by atoms with Gasteiger partial charge in [-0.05, 0) is 85.3 Å². The first-order chi connectivity index (χ1) is 17.2. The molecule has 36 heavy (non-hydrogen) atoms. The number of hydrogen-bond acceptors (Lipinski definition) is 6. The average Bonchev–Trinajstić information content (AvgIpc) is 3.55. The fourth-order valence-corrected chi connectivity index (χ4v) is 5.65. The van der Waals surface area contributed by atoms with Crippen LogP contribution in [0.4, 0.5) is 5.69 Å². The summed E-state index contributed by atoms with van der Waals surface area (Å²) in [6.07, 6.45) is 1.52. The second-order valence-electron chi connectivity index (χ2n) is 9.36. The molecular formula is C27H34N2O6S. The van der Waals surface area contributed by atoms with Crippen molar-refractivity contribution in [1.82, 2.24) is 4.72 Å². The predicted octanol–water partition coefficient (Wildman–Crippen LogP) is 4.46. The third kappa shape index (κ3) is 4.57. The zero-order chi connectivity index (χ0) is 25.5. The van der Waals surface area contributed by atoms with Gasteiger partial charge in [0.25, 0.3) is 0 Å². The van der Waals surface area contributed by atoms with Gasteiger partial charge in [0.2, 0.25) is 22.7 Å². The molecule has 0 aromatic heterocycles. The Morgan fingerprint density at radius 2 is 1.78 bits per heavy atom. The minimum absolute atomic E-state index is 0. The lowest BCUT2D eigenvalue weighted by Gasteiger charge is -2.17. The van der Waals surface area contributed by atoms with E-state index in [4.69, 9.17) is 14.6 Å². The van der Waals surface area contributed by atoms with Gasteiger partial charge in [0, 0.05) is 16.0 Å². The van der Waals surface area contributed by atoms with Gasteiger partial charge in [0.05, 0.1) is 16.9 Å². The zero-order valence-electron chi connectivity index (χ0n) is 20.1. The van der Waals surface area contributed by atoms with Crippen LogP contribution in [-0.4, -0.2) is 38.9 Å². The fraction of sp³-hybridized carbons (Fsp3) is 0.296. The Labute approximate surface area is 214 Å². The largest absolute Gasteiger partial charge is 0.454 e. The van der Waals surface area contributed by atoms with Crippen LogP contribution < -0.4 is 19.5 Å². The maximum atomic E-state index is 13.3. The second-order valence-corrected chi connectivity index (χ2v) is 11.1. The molecule has 1 saturated carbocycles. The number of rotatable bonds is 8. The fourth-order valence-electron chi connectivity index (χ4n) is 4.41. The Morgan fingerprint density at radius 1 is 1.06 bits per heavy atom. The highest BCUT2D eigenvalue weighted by atomic mass is 32.2. The van der Waals surface area contributed by atoms with Crippen molar-refractivity contribution >= 4 is 21.6 Å². The molecule has 2 aliphatic rings. The lowest BCUT2D eigenvalue weighted by Crippen LogP contribution is -2.34. The van der Waals surface area contributed by atoms with Crippen LogP contribution >= 0.6 is 0 Å². The number of carbonyl (C=O) groups is 1. The van der Waals surface area contributed by atoms with Crippen molar-refractivity contribution in [1.29, 1.82) is 0 Å². The van der Waals surface area contributed by atoms with Gasteiger partial charge in [-0.15, -0.1) is 0 Å². The number of aliphatic hydroxyl groups excluding tert-OH is 1. The standard InChI is InChI=1S/C27H28N2O6S.3H2/c1-17-3-7-21(14-23(17)19-4-8-22(9-5-19)36(32,33)29-18(2)15-30)28-26(31)27(11-12-27)20-6-10-24-25(13-20)35-16-34-24;;;/h3-10,13-14,18,29-30H,11-12,15-16H2,1-2H3,(H,28,31);3*1H/t18-;;;/m1.../s1. The van der Waals surface area contributed by atoms with Crippen molar-refractivity contribution in [3.63, 3.8) is 0 Å². The highest BCUT2D eigenvalue weighted by Crippen LogP contribution is 2.51. The molecule has 194 valence electrons. The third-order valence-electron chi connectivity index (χ3n) is 6.71. The molecule has 1 aliphatic heterocycles. The first kappa shape index (κ1) is 24.3. The summed E-state index contributed by atoms with van der Waals surface area (Å²) in [7, 11) is -3.73. The highest BCUT2D eigenvalue weighted by molar-refractivity contribution is 7.89. The first-order valence-corrected chi connectivity index (χ1v) is 13.3. The van der Waals surface area contributed by atoms with Crippen LogP contribution in [0.5, 0.6) is 11.5 Å². The van der Waals surface area contributed by atoms with Gasteiger partial charge in [0.15, 0.2) is 11.5 Å². The molecule has 0 radical (unpaired) electrons. The molecule has 3 N–H and O–H groups in total. The summed E-state index contributed by atoms with van der Waals surface area (Å²) >= 11 is 0. The van der Waals surface area contributed by atoms with Crippen molar-refractivity contribution in [3.05, 3.63) is 71.8 Å². The van der Waals surface area contributed by atoms with Gasteiger partial charge < -0.3 is 19.9 Å². The molecule has 8 nitrogen and oxygen atoms in total. The third-order valence-corrected chi connectivity index (χ3v) is 8.32. The molecule has 1 amide bonds. The topological polar surface area (TPSA) is 114 Å². The SMILES string of the molecule is Cc1ccc(NC(=O)C2(c3ccc4c(c3)OCO4)CC2)cc1-c1ccc(S(=O)(=O)N[C@H](C)CO)cc1.[HH].[HH].[HH]. The van der Waals surface area contributed by atoms with Crippen molar-refractivity contribution in [2.75, 3.05) is 18.7 Å². The molecule has 0 spiro atoms. The maximum absolute atomic E-state index is 13.3. The van der Waals surface area contributed by atoms with Gasteiger partial charge in [0.1, 0.15) is 0 Å².